The summed E-state index contributed by atoms with van der Waals surface area (Å²) in [6.45, 7) is 8.19. The molecule has 3 aromatic rings. The fourth-order valence-corrected chi connectivity index (χ4v) is 3.98. The number of nitrogens with one attached hydrogen (secondary N) is 1. The number of carbonyl (C=O) groups is 1. The van der Waals surface area contributed by atoms with Crippen LogP contribution in [0.1, 0.15) is 44.0 Å². The minimum absolute atomic E-state index is 0.127. The summed E-state index contributed by atoms with van der Waals surface area (Å²) in [7, 11) is 0. The first kappa shape index (κ1) is 19.4. The van der Waals surface area contributed by atoms with E-state index >= 15 is 0 Å². The molecule has 7 heteroatoms. The Morgan fingerprint density at radius 1 is 1.28 bits per heavy atom. The third-order valence-corrected chi connectivity index (χ3v) is 5.67. The summed E-state index contributed by atoms with van der Waals surface area (Å²) in [6, 6.07) is 6.96. The average molecular weight is 393 g/mol. The normalized spacial score (nSPS) is 15.5. The molecule has 1 N–H and O–H groups in total. The number of hydrogen-bond acceptors (Lipinski definition) is 4. The average Bonchev–Trinajstić information content (AvgIpc) is 2.70. The summed E-state index contributed by atoms with van der Waals surface area (Å²) >= 11 is 0. The Morgan fingerprint density at radius 2 is 2.00 bits per heavy atom. The van der Waals surface area contributed by atoms with E-state index in [-0.39, 0.29) is 28.4 Å². The monoisotopic (exact) mass is 393 g/mol. The standard InChI is InChI=1S/C22H27N5O2/c1-14(2)13-27-19(23)16(21(28)25-10-7-15(3)8-11-25)12-17-20(27)24-18-6-4-5-9-26(18)22(17)29/h4-6,9,12,14-15,23H,7-8,10-11,13H2,1-3H3. The zero-order chi connectivity index (χ0) is 20.7. The van der Waals surface area contributed by atoms with Gasteiger partial charge in [-0.15, -0.1) is 0 Å². The van der Waals surface area contributed by atoms with E-state index in [1.807, 2.05) is 24.8 Å². The van der Waals surface area contributed by atoms with Gasteiger partial charge in [0.2, 0.25) is 0 Å². The Kier molecular flexibility index (Phi) is 4.98. The molecule has 0 spiro atoms. The Labute approximate surface area is 169 Å². The highest BCUT2D eigenvalue weighted by Gasteiger charge is 2.25. The fourth-order valence-electron chi connectivity index (χ4n) is 3.98. The van der Waals surface area contributed by atoms with Crippen molar-refractivity contribution in [2.75, 3.05) is 13.1 Å². The van der Waals surface area contributed by atoms with Crippen LogP contribution >= 0.6 is 0 Å². The lowest BCUT2D eigenvalue weighted by atomic mass is 9.98. The van der Waals surface area contributed by atoms with E-state index < -0.39 is 0 Å². The van der Waals surface area contributed by atoms with Gasteiger partial charge in [-0.2, -0.15) is 0 Å². The molecule has 7 nitrogen and oxygen atoms in total. The molecule has 3 aromatic heterocycles. The summed E-state index contributed by atoms with van der Waals surface area (Å²) in [5, 5.41) is 9.13. The number of amides is 1. The highest BCUT2D eigenvalue weighted by atomic mass is 16.2. The Bertz CT molecular complexity index is 1200. The first-order chi connectivity index (χ1) is 13.9. The largest absolute Gasteiger partial charge is 0.339 e. The predicted molar refractivity (Wildman–Crippen MR) is 112 cm³/mol. The van der Waals surface area contributed by atoms with Crippen LogP contribution < -0.4 is 11.0 Å². The fraction of sp³-hybridized carbons (Fsp3) is 0.455. The minimum Gasteiger partial charge on any atom is -0.339 e. The van der Waals surface area contributed by atoms with Crippen LogP contribution in [0.4, 0.5) is 0 Å². The van der Waals surface area contributed by atoms with Crippen molar-refractivity contribution in [1.29, 1.82) is 5.41 Å². The molecule has 0 bridgehead atoms. The van der Waals surface area contributed by atoms with Gasteiger partial charge in [-0.25, -0.2) is 4.98 Å². The van der Waals surface area contributed by atoms with Crippen LogP contribution in [-0.2, 0) is 6.54 Å². The summed E-state index contributed by atoms with van der Waals surface area (Å²) in [5.41, 5.74) is 1.18. The molecule has 0 atom stereocenters. The van der Waals surface area contributed by atoms with E-state index in [1.54, 1.807) is 29.0 Å². The zero-order valence-electron chi connectivity index (χ0n) is 17.2. The van der Waals surface area contributed by atoms with E-state index in [0.717, 1.165) is 12.8 Å². The number of carbonyl (C=O) groups excluding carboxylic acids is 1. The lowest BCUT2D eigenvalue weighted by Gasteiger charge is -2.30. The third kappa shape index (κ3) is 3.45. The lowest BCUT2D eigenvalue weighted by Crippen LogP contribution is -2.42. The Hall–Kier alpha value is -2.96. The second-order valence-electron chi connectivity index (χ2n) is 8.47. The molecular weight excluding hydrogens is 366 g/mol. The highest BCUT2D eigenvalue weighted by molar-refractivity contribution is 5.96. The van der Waals surface area contributed by atoms with Gasteiger partial charge in [0, 0.05) is 25.8 Å². The van der Waals surface area contributed by atoms with E-state index in [0.29, 0.717) is 42.2 Å². The maximum absolute atomic E-state index is 13.2. The molecule has 29 heavy (non-hydrogen) atoms. The van der Waals surface area contributed by atoms with Crippen LogP contribution in [-0.4, -0.2) is 37.8 Å². The van der Waals surface area contributed by atoms with Gasteiger partial charge in [0.1, 0.15) is 16.8 Å². The minimum atomic E-state index is -0.218. The molecule has 0 radical (unpaired) electrons. The summed E-state index contributed by atoms with van der Waals surface area (Å²) in [4.78, 5) is 32.9. The lowest BCUT2D eigenvalue weighted by molar-refractivity contribution is 0.0694. The van der Waals surface area contributed by atoms with Crippen molar-refractivity contribution in [2.45, 2.75) is 40.2 Å². The molecule has 0 unspecified atom stereocenters. The Balaban J connectivity index is 1.96. The molecular formula is C22H27N5O2. The van der Waals surface area contributed by atoms with Crippen LogP contribution in [0.15, 0.2) is 35.3 Å². The smallest absolute Gasteiger partial charge is 0.267 e. The van der Waals surface area contributed by atoms with E-state index in [4.69, 9.17) is 5.41 Å². The van der Waals surface area contributed by atoms with Gasteiger partial charge in [-0.05, 0) is 42.9 Å². The van der Waals surface area contributed by atoms with Gasteiger partial charge < -0.3 is 9.47 Å². The molecule has 0 saturated carbocycles. The quantitative estimate of drug-likeness (QED) is 0.695. The summed E-state index contributed by atoms with van der Waals surface area (Å²) in [6.07, 6.45) is 3.61. The van der Waals surface area contributed by atoms with Crippen molar-refractivity contribution in [3.63, 3.8) is 0 Å². The maximum Gasteiger partial charge on any atom is 0.267 e. The van der Waals surface area contributed by atoms with Crippen molar-refractivity contribution in [3.8, 4) is 0 Å². The molecule has 1 fully saturated rings. The zero-order valence-corrected chi connectivity index (χ0v) is 17.2. The first-order valence-electron chi connectivity index (χ1n) is 10.3. The number of nitrogens with zero attached hydrogens (tertiary/aromatic N) is 4. The SMILES string of the molecule is CC(C)Cn1c(=N)c(C(=O)N2CCC(C)CC2)cc2c(=O)n3ccccc3nc21. The van der Waals surface area contributed by atoms with Crippen LogP contribution in [0.5, 0.6) is 0 Å². The molecule has 152 valence electrons. The van der Waals surface area contributed by atoms with Gasteiger partial charge in [0.25, 0.3) is 11.5 Å². The van der Waals surface area contributed by atoms with Crippen molar-refractivity contribution >= 4 is 22.6 Å². The van der Waals surface area contributed by atoms with E-state index in [2.05, 4.69) is 11.9 Å². The van der Waals surface area contributed by atoms with Gasteiger partial charge in [-0.3, -0.25) is 19.4 Å². The summed E-state index contributed by atoms with van der Waals surface area (Å²) < 4.78 is 3.21. The molecule has 4 rings (SSSR count). The molecule has 0 aliphatic carbocycles. The second-order valence-corrected chi connectivity index (χ2v) is 8.47. The van der Waals surface area contributed by atoms with Crippen LogP contribution in [0.25, 0.3) is 16.7 Å². The van der Waals surface area contributed by atoms with E-state index in [1.165, 1.54) is 4.40 Å². The van der Waals surface area contributed by atoms with E-state index in [9.17, 15) is 9.59 Å². The second kappa shape index (κ2) is 7.46. The number of piperidine rings is 1. The molecule has 1 saturated heterocycles. The summed E-state index contributed by atoms with van der Waals surface area (Å²) in [5.74, 6) is 0.681. The molecule has 1 amide bonds. The van der Waals surface area contributed by atoms with Crippen molar-refractivity contribution in [2.24, 2.45) is 11.8 Å². The van der Waals surface area contributed by atoms with Crippen LogP contribution in [0.3, 0.4) is 0 Å². The maximum atomic E-state index is 13.2. The Morgan fingerprint density at radius 3 is 2.69 bits per heavy atom. The number of fused-ring (bicyclic) bond motifs is 2. The van der Waals surface area contributed by atoms with Gasteiger partial charge in [-0.1, -0.05) is 26.8 Å². The van der Waals surface area contributed by atoms with Crippen molar-refractivity contribution in [3.05, 3.63) is 51.9 Å². The van der Waals surface area contributed by atoms with Crippen LogP contribution in [0, 0.1) is 17.2 Å². The van der Waals surface area contributed by atoms with Crippen molar-refractivity contribution < 1.29 is 4.79 Å². The first-order valence-corrected chi connectivity index (χ1v) is 10.3. The molecule has 1 aliphatic rings. The number of pyridine rings is 2. The third-order valence-electron chi connectivity index (χ3n) is 5.67. The number of hydrogen-bond donors (Lipinski definition) is 1. The van der Waals surface area contributed by atoms with Crippen LogP contribution in [0.2, 0.25) is 0 Å². The van der Waals surface area contributed by atoms with Gasteiger partial charge >= 0.3 is 0 Å². The molecule has 4 heterocycles. The highest BCUT2D eigenvalue weighted by Crippen LogP contribution is 2.19. The topological polar surface area (TPSA) is 83.5 Å². The number of rotatable bonds is 3. The van der Waals surface area contributed by atoms with Gasteiger partial charge in [0.05, 0.1) is 10.9 Å². The number of aromatic nitrogens is 3. The van der Waals surface area contributed by atoms with Crippen molar-refractivity contribution in [1.82, 2.24) is 18.9 Å². The van der Waals surface area contributed by atoms with Gasteiger partial charge in [0.15, 0.2) is 0 Å². The predicted octanol–water partition coefficient (Wildman–Crippen LogP) is 2.66. The number of likely N-dealkylation sites (tertiary alicyclic amines) is 1. The molecule has 0 aromatic carbocycles. The molecule has 1 aliphatic heterocycles.